The molecule has 3 aromatic rings. The van der Waals surface area contributed by atoms with Crippen molar-refractivity contribution in [2.24, 2.45) is 5.92 Å². The molecule has 0 bridgehead atoms. The molecule has 0 aliphatic rings. The topological polar surface area (TPSA) is 29.5 Å². The maximum atomic E-state index is 13.6. The molecular weight excluding hydrogens is 346 g/mol. The fourth-order valence-electron chi connectivity index (χ4n) is 3.70. The first-order chi connectivity index (χ1) is 13.6. The Kier molecular flexibility index (Phi) is 6.62. The van der Waals surface area contributed by atoms with Crippen LogP contribution < -0.4 is 4.74 Å². The molecule has 3 heteroatoms. The second-order valence-electron chi connectivity index (χ2n) is 7.26. The number of rotatable bonds is 8. The molecule has 2 unspecified atom stereocenters. The number of Topliss-reactive ketones (excluding diaryl/α,β-unsaturated/α-hetero) is 1. The lowest BCUT2D eigenvalue weighted by Gasteiger charge is -2.30. The number of hydrogen-bond donors (Lipinski definition) is 0. The van der Waals surface area contributed by atoms with Gasteiger partial charge in [0.05, 0.1) is 7.11 Å². The van der Waals surface area contributed by atoms with Crippen LogP contribution in [-0.4, -0.2) is 38.4 Å². The Morgan fingerprint density at radius 3 is 2.07 bits per heavy atom. The summed E-state index contributed by atoms with van der Waals surface area (Å²) in [5.74, 6) is 0.679. The molecule has 3 aromatic carbocycles. The van der Waals surface area contributed by atoms with Crippen molar-refractivity contribution in [1.82, 2.24) is 4.90 Å². The number of methoxy groups -OCH3 is 1. The second-order valence-corrected chi connectivity index (χ2v) is 7.26. The van der Waals surface area contributed by atoms with Crippen molar-refractivity contribution in [2.45, 2.75) is 5.92 Å². The molecule has 0 saturated carbocycles. The van der Waals surface area contributed by atoms with Crippen LogP contribution in [0.4, 0.5) is 0 Å². The first kappa shape index (κ1) is 19.8. The zero-order valence-corrected chi connectivity index (χ0v) is 16.7. The minimum absolute atomic E-state index is 0.0635. The van der Waals surface area contributed by atoms with Gasteiger partial charge in [-0.1, -0.05) is 72.8 Å². The van der Waals surface area contributed by atoms with Crippen LogP contribution in [0.1, 0.15) is 27.4 Å². The number of nitrogens with zero attached hydrogens (tertiary/aromatic N) is 1. The van der Waals surface area contributed by atoms with E-state index < -0.39 is 0 Å². The highest BCUT2D eigenvalue weighted by atomic mass is 16.5. The number of ether oxygens (including phenoxy) is 1. The third-order valence-electron chi connectivity index (χ3n) is 4.97. The number of benzene rings is 3. The molecule has 0 aliphatic carbocycles. The van der Waals surface area contributed by atoms with Gasteiger partial charge in [-0.3, -0.25) is 4.79 Å². The van der Waals surface area contributed by atoms with Crippen LogP contribution in [0.3, 0.4) is 0 Å². The number of carbonyl (C=O) groups excluding carboxylic acids is 1. The first-order valence-corrected chi connectivity index (χ1v) is 9.53. The van der Waals surface area contributed by atoms with Crippen molar-refractivity contribution in [3.8, 4) is 5.75 Å². The second kappa shape index (κ2) is 9.34. The van der Waals surface area contributed by atoms with E-state index in [0.29, 0.717) is 6.54 Å². The van der Waals surface area contributed by atoms with E-state index in [0.717, 1.165) is 22.4 Å². The van der Waals surface area contributed by atoms with Gasteiger partial charge in [-0.05, 0) is 37.4 Å². The lowest BCUT2D eigenvalue weighted by Crippen LogP contribution is -2.33. The third-order valence-corrected chi connectivity index (χ3v) is 4.97. The van der Waals surface area contributed by atoms with Gasteiger partial charge < -0.3 is 9.64 Å². The molecule has 144 valence electrons. The SMILES string of the molecule is COc1cccc(C(c2ccccc2)C(CN(C)C)C(=O)c2ccccc2)c1. The molecule has 0 aromatic heterocycles. The van der Waals surface area contributed by atoms with Crippen molar-refractivity contribution in [3.05, 3.63) is 102 Å². The van der Waals surface area contributed by atoms with Crippen molar-refractivity contribution < 1.29 is 9.53 Å². The van der Waals surface area contributed by atoms with E-state index in [9.17, 15) is 4.79 Å². The van der Waals surface area contributed by atoms with Gasteiger partial charge in [0.15, 0.2) is 5.78 Å². The van der Waals surface area contributed by atoms with Gasteiger partial charge in [0.25, 0.3) is 0 Å². The average Bonchev–Trinajstić information content (AvgIpc) is 2.74. The Bertz CT molecular complexity index is 891. The molecule has 28 heavy (non-hydrogen) atoms. The van der Waals surface area contributed by atoms with Crippen molar-refractivity contribution in [2.75, 3.05) is 27.7 Å². The Balaban J connectivity index is 2.12. The van der Waals surface area contributed by atoms with Gasteiger partial charge in [-0.25, -0.2) is 0 Å². The van der Waals surface area contributed by atoms with Crippen LogP contribution in [0.15, 0.2) is 84.9 Å². The molecule has 3 nitrogen and oxygen atoms in total. The zero-order valence-electron chi connectivity index (χ0n) is 16.7. The monoisotopic (exact) mass is 373 g/mol. The van der Waals surface area contributed by atoms with Crippen molar-refractivity contribution >= 4 is 5.78 Å². The van der Waals surface area contributed by atoms with Crippen molar-refractivity contribution in [1.29, 1.82) is 0 Å². The lowest BCUT2D eigenvalue weighted by atomic mass is 9.76. The predicted molar refractivity (Wildman–Crippen MR) is 114 cm³/mol. The van der Waals surface area contributed by atoms with E-state index >= 15 is 0 Å². The van der Waals surface area contributed by atoms with Crippen LogP contribution in [0.25, 0.3) is 0 Å². The first-order valence-electron chi connectivity index (χ1n) is 9.53. The number of hydrogen-bond acceptors (Lipinski definition) is 3. The molecule has 0 N–H and O–H groups in total. The predicted octanol–water partition coefficient (Wildman–Crippen LogP) is 4.89. The van der Waals surface area contributed by atoms with Crippen LogP contribution in [-0.2, 0) is 0 Å². The lowest BCUT2D eigenvalue weighted by molar-refractivity contribution is 0.0883. The van der Waals surface area contributed by atoms with E-state index in [2.05, 4.69) is 23.1 Å². The highest BCUT2D eigenvalue weighted by Gasteiger charge is 2.32. The van der Waals surface area contributed by atoms with Gasteiger partial charge in [-0.15, -0.1) is 0 Å². The normalized spacial score (nSPS) is 13.1. The van der Waals surface area contributed by atoms with Gasteiger partial charge in [0.2, 0.25) is 0 Å². The standard InChI is InChI=1S/C25H27NO2/c1-26(2)18-23(25(27)20-13-8-5-9-14-20)24(19-11-6-4-7-12-19)21-15-10-16-22(17-21)28-3/h4-17,23-24H,18H2,1-3H3. The Hall–Kier alpha value is -2.91. The highest BCUT2D eigenvalue weighted by molar-refractivity contribution is 5.98. The summed E-state index contributed by atoms with van der Waals surface area (Å²) in [5, 5.41) is 0. The van der Waals surface area contributed by atoms with Gasteiger partial charge in [-0.2, -0.15) is 0 Å². The summed E-state index contributed by atoms with van der Waals surface area (Å²) < 4.78 is 5.45. The molecular formula is C25H27NO2. The van der Waals surface area contributed by atoms with Gasteiger partial charge in [0.1, 0.15) is 5.75 Å². The molecule has 2 atom stereocenters. The summed E-state index contributed by atoms with van der Waals surface area (Å²) in [5.41, 5.74) is 2.96. The number of carbonyl (C=O) groups is 1. The molecule has 0 heterocycles. The molecule has 0 saturated heterocycles. The van der Waals surface area contributed by atoms with E-state index in [4.69, 9.17) is 4.74 Å². The third kappa shape index (κ3) is 4.68. The van der Waals surface area contributed by atoms with Crippen LogP contribution in [0.5, 0.6) is 5.75 Å². The smallest absolute Gasteiger partial charge is 0.168 e. The molecule has 0 aliphatic heterocycles. The van der Waals surface area contributed by atoms with Gasteiger partial charge >= 0.3 is 0 Å². The summed E-state index contributed by atoms with van der Waals surface area (Å²) in [6.45, 7) is 0.657. The molecule has 0 fully saturated rings. The van der Waals surface area contributed by atoms with Crippen molar-refractivity contribution in [3.63, 3.8) is 0 Å². The van der Waals surface area contributed by atoms with E-state index in [1.165, 1.54) is 0 Å². The summed E-state index contributed by atoms with van der Waals surface area (Å²) in [4.78, 5) is 15.6. The Morgan fingerprint density at radius 2 is 1.46 bits per heavy atom. The van der Waals surface area contributed by atoms with E-state index in [-0.39, 0.29) is 17.6 Å². The quantitative estimate of drug-likeness (QED) is 0.527. The fraction of sp³-hybridized carbons (Fsp3) is 0.240. The van der Waals surface area contributed by atoms with E-state index in [1.807, 2.05) is 80.8 Å². The maximum absolute atomic E-state index is 13.6. The minimum atomic E-state index is -0.216. The summed E-state index contributed by atoms with van der Waals surface area (Å²) in [6.07, 6.45) is 0. The van der Waals surface area contributed by atoms with Crippen LogP contribution >= 0.6 is 0 Å². The summed E-state index contributed by atoms with van der Waals surface area (Å²) in [7, 11) is 5.70. The summed E-state index contributed by atoms with van der Waals surface area (Å²) in [6, 6.07) is 27.9. The maximum Gasteiger partial charge on any atom is 0.168 e. The van der Waals surface area contributed by atoms with Gasteiger partial charge in [0, 0.05) is 23.9 Å². The molecule has 0 amide bonds. The summed E-state index contributed by atoms with van der Waals surface area (Å²) >= 11 is 0. The highest BCUT2D eigenvalue weighted by Crippen LogP contribution is 2.36. The Morgan fingerprint density at radius 1 is 0.857 bits per heavy atom. The zero-order chi connectivity index (χ0) is 19.9. The molecule has 0 spiro atoms. The number of ketones is 1. The average molecular weight is 373 g/mol. The van der Waals surface area contributed by atoms with Crippen LogP contribution in [0.2, 0.25) is 0 Å². The largest absolute Gasteiger partial charge is 0.497 e. The fourth-order valence-corrected chi connectivity index (χ4v) is 3.70. The Labute approximate surface area is 167 Å². The van der Waals surface area contributed by atoms with E-state index in [1.54, 1.807) is 7.11 Å². The molecule has 0 radical (unpaired) electrons. The van der Waals surface area contributed by atoms with Crippen LogP contribution in [0, 0.1) is 5.92 Å². The minimum Gasteiger partial charge on any atom is -0.497 e. The molecule has 3 rings (SSSR count).